The standard InChI is InChI=1S/C46H30/c1-3-14-31(15-4-1)34-27-26-32-18-13-25-37(44(32)30-34)38-28-29-43(36-20-8-7-19-35(36)38)46-41-23-11-9-21-39(41)45(33-16-5-2-6-17-33)40-22-10-12-24-42(40)46/h1-30H/i1D,2D,3D,4D,5D,6D,7D,8D,9D,10D,11D,12D,14D,15D,16D,17D,19D,21D,22D,23D,24D,28D,29D. The molecule has 9 rings (SSSR count). The number of hydrogen-bond acceptors (Lipinski definition) is 0. The van der Waals surface area contributed by atoms with Crippen molar-refractivity contribution in [3.8, 4) is 44.5 Å². The monoisotopic (exact) mass is 605 g/mol. The van der Waals surface area contributed by atoms with Crippen molar-refractivity contribution >= 4 is 43.1 Å². The Labute approximate surface area is 301 Å². The van der Waals surface area contributed by atoms with Gasteiger partial charge in [0, 0.05) is 0 Å². The Kier molecular flexibility index (Phi) is 2.86. The van der Waals surface area contributed by atoms with E-state index in [0.29, 0.717) is 10.8 Å². The van der Waals surface area contributed by atoms with Crippen LogP contribution in [-0.2, 0) is 0 Å². The summed E-state index contributed by atoms with van der Waals surface area (Å²) in [4.78, 5) is 0. The van der Waals surface area contributed by atoms with Crippen LogP contribution in [0.1, 0.15) is 31.5 Å². The molecule has 0 aliphatic heterocycles. The summed E-state index contributed by atoms with van der Waals surface area (Å²) in [6.45, 7) is 0. The summed E-state index contributed by atoms with van der Waals surface area (Å²) < 4.78 is 205. The van der Waals surface area contributed by atoms with E-state index in [2.05, 4.69) is 0 Å². The molecule has 0 N–H and O–H groups in total. The Bertz CT molecular complexity index is 3740. The van der Waals surface area contributed by atoms with Crippen LogP contribution in [0.25, 0.3) is 87.6 Å². The third-order valence-electron chi connectivity index (χ3n) is 7.89. The van der Waals surface area contributed by atoms with E-state index >= 15 is 0 Å². The summed E-state index contributed by atoms with van der Waals surface area (Å²) in [6, 6.07) is -6.69. The largest absolute Gasteiger partial charge is 0.0630 e. The fraction of sp³-hybridized carbons (Fsp3) is 0. The van der Waals surface area contributed by atoms with Gasteiger partial charge in [0.15, 0.2) is 0 Å². The van der Waals surface area contributed by atoms with E-state index in [-0.39, 0.29) is 33.0 Å². The van der Waals surface area contributed by atoms with E-state index in [1.54, 1.807) is 18.2 Å². The van der Waals surface area contributed by atoms with E-state index < -0.39 is 183 Å². The molecule has 0 heterocycles. The smallest absolute Gasteiger partial charge is 0.0622 e. The van der Waals surface area contributed by atoms with E-state index in [1.165, 1.54) is 18.2 Å². The highest BCUT2D eigenvalue weighted by Crippen LogP contribution is 2.46. The van der Waals surface area contributed by atoms with Crippen molar-refractivity contribution in [2.75, 3.05) is 0 Å². The maximum absolute atomic E-state index is 9.88. The van der Waals surface area contributed by atoms with Gasteiger partial charge in [-0.2, -0.15) is 0 Å². The van der Waals surface area contributed by atoms with E-state index in [1.807, 2.05) is 0 Å². The van der Waals surface area contributed by atoms with E-state index in [4.69, 9.17) is 21.9 Å². The lowest BCUT2D eigenvalue weighted by molar-refractivity contribution is 1.63. The van der Waals surface area contributed by atoms with Crippen LogP contribution in [0, 0.1) is 0 Å². The predicted molar refractivity (Wildman–Crippen MR) is 198 cm³/mol. The van der Waals surface area contributed by atoms with Crippen LogP contribution < -0.4 is 0 Å². The zero-order chi connectivity index (χ0) is 50.5. The van der Waals surface area contributed by atoms with Crippen LogP contribution >= 0.6 is 0 Å². The van der Waals surface area contributed by atoms with Gasteiger partial charge in [0.05, 0.1) is 31.5 Å². The molecule has 9 aromatic rings. The minimum atomic E-state index is -0.876. The topological polar surface area (TPSA) is 0 Å². The molecule has 9 aromatic carbocycles. The van der Waals surface area contributed by atoms with Crippen molar-refractivity contribution in [3.63, 3.8) is 0 Å². The third kappa shape index (κ3) is 4.23. The molecule has 46 heavy (non-hydrogen) atoms. The van der Waals surface area contributed by atoms with Crippen molar-refractivity contribution in [2.24, 2.45) is 0 Å². The molecule has 0 saturated heterocycles. The van der Waals surface area contributed by atoms with Gasteiger partial charge in [-0.05, 0) is 93.7 Å². The second-order valence-electron chi connectivity index (χ2n) is 10.3. The minimum absolute atomic E-state index is 0.140. The lowest BCUT2D eigenvalue weighted by Gasteiger charge is -2.20. The van der Waals surface area contributed by atoms with Gasteiger partial charge in [0.1, 0.15) is 0 Å². The summed E-state index contributed by atoms with van der Waals surface area (Å²) in [6.07, 6.45) is 0. The SMILES string of the molecule is [2H]c1cc2c(-c3c4c([2H])c([2H])c([2H])c([2H])c4c(-c4c([2H])c([2H])c([2H])c([2H])c4[2H])c4c([2H])c([2H])c([2H])c([2H])c34)c([2H])c([2H])c(-c3cccc4ccc(-c5c([2H])c([2H])c([2H])c([2H])c5[2H])cc34)c2c([2H])c1[2H]. The fourth-order valence-corrected chi connectivity index (χ4v) is 5.94. The molecule has 0 bridgehead atoms. The first-order valence-corrected chi connectivity index (χ1v) is 14.1. The number of rotatable bonds is 4. The molecule has 0 fully saturated rings. The summed E-state index contributed by atoms with van der Waals surface area (Å²) in [5.41, 5.74) is -2.16. The van der Waals surface area contributed by atoms with Crippen molar-refractivity contribution in [1.29, 1.82) is 0 Å². The Morgan fingerprint density at radius 2 is 0.870 bits per heavy atom. The van der Waals surface area contributed by atoms with Crippen molar-refractivity contribution < 1.29 is 31.5 Å². The zero-order valence-electron chi connectivity index (χ0n) is 46.5. The molecule has 0 heteroatoms. The van der Waals surface area contributed by atoms with Gasteiger partial charge in [0.25, 0.3) is 0 Å². The van der Waals surface area contributed by atoms with Gasteiger partial charge in [-0.1, -0.05) is 175 Å². The Morgan fingerprint density at radius 1 is 0.304 bits per heavy atom. The van der Waals surface area contributed by atoms with Gasteiger partial charge < -0.3 is 0 Å². The Balaban J connectivity index is 1.55. The molecule has 0 amide bonds. The van der Waals surface area contributed by atoms with Crippen LogP contribution in [0.5, 0.6) is 0 Å². The van der Waals surface area contributed by atoms with Crippen LogP contribution in [-0.4, -0.2) is 0 Å². The first-order chi connectivity index (χ1) is 32.4. The summed E-state index contributed by atoms with van der Waals surface area (Å²) in [5, 5.41) is -1.94. The molecule has 0 unspecified atom stereocenters. The highest BCUT2D eigenvalue weighted by molar-refractivity contribution is 6.24. The number of fused-ring (bicyclic) bond motifs is 4. The van der Waals surface area contributed by atoms with E-state index in [9.17, 15) is 9.60 Å². The lowest BCUT2D eigenvalue weighted by Crippen LogP contribution is -1.92. The second kappa shape index (κ2) is 10.9. The molecular weight excluding hydrogens is 553 g/mol. The zero-order valence-corrected chi connectivity index (χ0v) is 23.5. The maximum Gasteiger partial charge on any atom is 0.0630 e. The average molecular weight is 606 g/mol. The fourth-order valence-electron chi connectivity index (χ4n) is 5.94. The molecular formula is C46H30. The first-order valence-electron chi connectivity index (χ1n) is 25.6. The lowest BCUT2D eigenvalue weighted by atomic mass is 9.83. The third-order valence-corrected chi connectivity index (χ3v) is 7.89. The van der Waals surface area contributed by atoms with Gasteiger partial charge in [0.2, 0.25) is 0 Å². The molecule has 214 valence electrons. The molecule has 0 aliphatic rings. The minimum Gasteiger partial charge on any atom is -0.0622 e. The van der Waals surface area contributed by atoms with Crippen LogP contribution in [0.15, 0.2) is 181 Å². The van der Waals surface area contributed by atoms with Crippen LogP contribution in [0.3, 0.4) is 0 Å². The Morgan fingerprint density at radius 3 is 1.57 bits per heavy atom. The Hall–Kier alpha value is -5.98. The predicted octanol–water partition coefficient (Wildman–Crippen LogP) is 13.0. The highest BCUT2D eigenvalue weighted by atomic mass is 14.2. The molecule has 0 spiro atoms. The normalized spacial score (nSPS) is 18.5. The molecule has 0 saturated carbocycles. The van der Waals surface area contributed by atoms with Crippen molar-refractivity contribution in [1.82, 2.24) is 0 Å². The van der Waals surface area contributed by atoms with Crippen molar-refractivity contribution in [3.05, 3.63) is 181 Å². The summed E-state index contributed by atoms with van der Waals surface area (Å²) >= 11 is 0. The average Bonchev–Trinajstić information content (AvgIpc) is 3.33. The highest BCUT2D eigenvalue weighted by Gasteiger charge is 2.19. The molecule has 0 aromatic heterocycles. The van der Waals surface area contributed by atoms with Gasteiger partial charge in [-0.25, -0.2) is 0 Å². The van der Waals surface area contributed by atoms with Crippen molar-refractivity contribution in [2.45, 2.75) is 0 Å². The number of hydrogen-bond donors (Lipinski definition) is 0. The van der Waals surface area contributed by atoms with Gasteiger partial charge in [-0.15, -0.1) is 0 Å². The summed E-state index contributed by atoms with van der Waals surface area (Å²) in [7, 11) is 0. The summed E-state index contributed by atoms with van der Waals surface area (Å²) in [5.74, 6) is 0. The first kappa shape index (κ1) is 12.1. The molecule has 0 radical (unpaired) electrons. The number of benzene rings is 9. The molecule has 0 nitrogen and oxygen atoms in total. The quantitative estimate of drug-likeness (QED) is 0.175. The molecule has 0 atom stereocenters. The van der Waals surface area contributed by atoms with Crippen LogP contribution in [0.4, 0.5) is 0 Å². The van der Waals surface area contributed by atoms with Crippen LogP contribution in [0.2, 0.25) is 0 Å². The maximum atomic E-state index is 9.88. The van der Waals surface area contributed by atoms with Gasteiger partial charge >= 0.3 is 0 Å². The van der Waals surface area contributed by atoms with Gasteiger partial charge in [-0.3, -0.25) is 0 Å². The van der Waals surface area contributed by atoms with E-state index in [0.717, 1.165) is 6.07 Å². The molecule has 0 aliphatic carbocycles. The second-order valence-corrected chi connectivity index (χ2v) is 10.3.